The summed E-state index contributed by atoms with van der Waals surface area (Å²) in [6, 6.07) is 8.85. The predicted octanol–water partition coefficient (Wildman–Crippen LogP) is 1.25. The lowest BCUT2D eigenvalue weighted by molar-refractivity contribution is -0.118. The summed E-state index contributed by atoms with van der Waals surface area (Å²) < 4.78 is 10.6. The van der Waals surface area contributed by atoms with Gasteiger partial charge in [-0.2, -0.15) is 0 Å². The first kappa shape index (κ1) is 17.9. The van der Waals surface area contributed by atoms with Gasteiger partial charge in [-0.25, -0.2) is 9.97 Å². The molecule has 0 atom stereocenters. The maximum absolute atomic E-state index is 12.1. The molecule has 1 aromatic heterocycles. The van der Waals surface area contributed by atoms with Crippen LogP contribution in [0.15, 0.2) is 36.7 Å². The third-order valence-electron chi connectivity index (χ3n) is 4.18. The summed E-state index contributed by atoms with van der Waals surface area (Å²) in [6.45, 7) is 3.69. The first-order chi connectivity index (χ1) is 12.6. The van der Waals surface area contributed by atoms with Crippen LogP contribution < -0.4 is 19.7 Å². The van der Waals surface area contributed by atoms with E-state index in [9.17, 15) is 4.79 Å². The van der Waals surface area contributed by atoms with Crippen molar-refractivity contribution in [2.45, 2.75) is 0 Å². The topological polar surface area (TPSA) is 79.8 Å². The molecule has 8 nitrogen and oxygen atoms in total. The number of hydrogen-bond donors (Lipinski definition) is 1. The highest BCUT2D eigenvalue weighted by Gasteiger charge is 2.16. The number of carbonyl (C=O) groups excluding carboxylic acids is 1. The summed E-state index contributed by atoms with van der Waals surface area (Å²) >= 11 is 0. The molecule has 0 bridgehead atoms. The molecule has 1 aliphatic heterocycles. The second-order valence-corrected chi connectivity index (χ2v) is 6.06. The Hall–Kier alpha value is -2.87. The van der Waals surface area contributed by atoms with Gasteiger partial charge >= 0.3 is 0 Å². The largest absolute Gasteiger partial charge is 0.497 e. The van der Waals surface area contributed by atoms with Gasteiger partial charge in [0.2, 0.25) is 0 Å². The first-order valence-electron chi connectivity index (χ1n) is 8.46. The molecule has 3 rings (SSSR count). The molecule has 1 aromatic carbocycles. The lowest BCUT2D eigenvalue weighted by atomic mass is 10.3. The first-order valence-corrected chi connectivity index (χ1v) is 8.46. The number of methoxy groups -OCH3 is 1. The zero-order valence-electron chi connectivity index (χ0n) is 15.0. The molecule has 8 heteroatoms. The third kappa shape index (κ3) is 4.82. The van der Waals surface area contributed by atoms with Crippen molar-refractivity contribution in [3.8, 4) is 11.5 Å². The molecule has 2 heterocycles. The van der Waals surface area contributed by atoms with E-state index in [4.69, 9.17) is 9.47 Å². The molecule has 1 N–H and O–H groups in total. The number of nitrogens with zero attached hydrogens (tertiary/aromatic N) is 4. The van der Waals surface area contributed by atoms with Crippen LogP contribution in [0.4, 0.5) is 11.6 Å². The number of nitrogens with one attached hydrogen (secondary N) is 1. The van der Waals surface area contributed by atoms with Crippen molar-refractivity contribution in [2.75, 3.05) is 57.2 Å². The quantitative estimate of drug-likeness (QED) is 0.833. The Morgan fingerprint density at radius 2 is 1.81 bits per heavy atom. The number of benzene rings is 1. The smallest absolute Gasteiger partial charge is 0.263 e. The summed E-state index contributed by atoms with van der Waals surface area (Å²) in [5.41, 5.74) is 0. The fraction of sp³-hybridized carbons (Fsp3) is 0.389. The van der Waals surface area contributed by atoms with Crippen LogP contribution in [0.1, 0.15) is 0 Å². The van der Waals surface area contributed by atoms with E-state index in [2.05, 4.69) is 32.1 Å². The minimum absolute atomic E-state index is 0.0970. The van der Waals surface area contributed by atoms with Gasteiger partial charge in [0.15, 0.2) is 6.61 Å². The molecule has 1 saturated heterocycles. The lowest BCUT2D eigenvalue weighted by Gasteiger charge is -2.33. The standard InChI is InChI=1S/C18H23N5O3/c1-22-7-9-23(10-8-22)17-11-16(19-13-20-17)21-18(24)12-26-15-5-3-14(25-2)4-6-15/h3-6,11,13H,7-10,12H2,1-2H3,(H,19,20,21,24). The van der Waals surface area contributed by atoms with Crippen molar-refractivity contribution in [3.05, 3.63) is 36.7 Å². The Kier molecular flexibility index (Phi) is 5.85. The number of piperazine rings is 1. The predicted molar refractivity (Wildman–Crippen MR) is 98.9 cm³/mol. The SMILES string of the molecule is COc1ccc(OCC(=O)Nc2cc(N3CCN(C)CC3)ncn2)cc1. The molecule has 0 saturated carbocycles. The van der Waals surface area contributed by atoms with Crippen molar-refractivity contribution >= 4 is 17.5 Å². The van der Waals surface area contributed by atoms with E-state index < -0.39 is 0 Å². The van der Waals surface area contributed by atoms with Crippen molar-refractivity contribution in [1.29, 1.82) is 0 Å². The maximum atomic E-state index is 12.1. The fourth-order valence-electron chi connectivity index (χ4n) is 2.62. The van der Waals surface area contributed by atoms with Crippen molar-refractivity contribution in [2.24, 2.45) is 0 Å². The van der Waals surface area contributed by atoms with Crippen LogP contribution in [0.2, 0.25) is 0 Å². The number of likely N-dealkylation sites (N-methyl/N-ethyl adjacent to an activating group) is 1. The van der Waals surface area contributed by atoms with Crippen LogP contribution in [-0.2, 0) is 4.79 Å². The Bertz CT molecular complexity index is 730. The average Bonchev–Trinajstić information content (AvgIpc) is 2.67. The maximum Gasteiger partial charge on any atom is 0.263 e. The van der Waals surface area contributed by atoms with Gasteiger partial charge in [-0.15, -0.1) is 0 Å². The number of hydrogen-bond acceptors (Lipinski definition) is 7. The van der Waals surface area contributed by atoms with Crippen LogP contribution in [0, 0.1) is 0 Å². The third-order valence-corrected chi connectivity index (χ3v) is 4.18. The molecule has 1 amide bonds. The molecular weight excluding hydrogens is 334 g/mol. The van der Waals surface area contributed by atoms with Gasteiger partial charge in [0.25, 0.3) is 5.91 Å². The zero-order valence-corrected chi connectivity index (χ0v) is 15.0. The molecule has 0 unspecified atom stereocenters. The van der Waals surface area contributed by atoms with Crippen LogP contribution in [-0.4, -0.2) is 67.7 Å². The van der Waals surface area contributed by atoms with E-state index in [1.807, 2.05) is 0 Å². The normalized spacial score (nSPS) is 14.8. The van der Waals surface area contributed by atoms with Crippen LogP contribution in [0.5, 0.6) is 11.5 Å². The molecule has 26 heavy (non-hydrogen) atoms. The Balaban J connectivity index is 1.53. The highest BCUT2D eigenvalue weighted by atomic mass is 16.5. The summed E-state index contributed by atoms with van der Waals surface area (Å²) in [6.07, 6.45) is 1.47. The molecule has 138 valence electrons. The molecule has 2 aromatic rings. The lowest BCUT2D eigenvalue weighted by Crippen LogP contribution is -2.44. The summed E-state index contributed by atoms with van der Waals surface area (Å²) in [5, 5.41) is 2.75. The minimum Gasteiger partial charge on any atom is -0.497 e. The highest BCUT2D eigenvalue weighted by Crippen LogP contribution is 2.18. The molecule has 0 radical (unpaired) electrons. The van der Waals surface area contributed by atoms with Crippen molar-refractivity contribution < 1.29 is 14.3 Å². The van der Waals surface area contributed by atoms with Gasteiger partial charge in [0, 0.05) is 32.2 Å². The second kappa shape index (κ2) is 8.48. The van der Waals surface area contributed by atoms with Gasteiger partial charge in [0.05, 0.1) is 7.11 Å². The number of ether oxygens (including phenoxy) is 2. The summed E-state index contributed by atoms with van der Waals surface area (Å²) in [5.74, 6) is 2.35. The van der Waals surface area contributed by atoms with Gasteiger partial charge in [-0.3, -0.25) is 4.79 Å². The van der Waals surface area contributed by atoms with Crippen molar-refractivity contribution in [3.63, 3.8) is 0 Å². The van der Waals surface area contributed by atoms with E-state index in [1.165, 1.54) is 6.33 Å². The minimum atomic E-state index is -0.274. The molecular formula is C18H23N5O3. The number of amides is 1. The second-order valence-electron chi connectivity index (χ2n) is 6.06. The van der Waals surface area contributed by atoms with Gasteiger partial charge < -0.3 is 24.6 Å². The summed E-state index contributed by atoms with van der Waals surface area (Å²) in [7, 11) is 3.70. The Morgan fingerprint density at radius 3 is 2.50 bits per heavy atom. The van der Waals surface area contributed by atoms with E-state index in [0.29, 0.717) is 11.6 Å². The van der Waals surface area contributed by atoms with E-state index in [-0.39, 0.29) is 12.5 Å². The Labute approximate surface area is 152 Å². The number of anilines is 2. The fourth-order valence-corrected chi connectivity index (χ4v) is 2.62. The zero-order chi connectivity index (χ0) is 18.4. The van der Waals surface area contributed by atoms with E-state index >= 15 is 0 Å². The highest BCUT2D eigenvalue weighted by molar-refractivity contribution is 5.91. The Morgan fingerprint density at radius 1 is 1.12 bits per heavy atom. The number of aromatic nitrogens is 2. The van der Waals surface area contributed by atoms with E-state index in [0.717, 1.165) is 37.7 Å². The summed E-state index contributed by atoms with van der Waals surface area (Å²) in [4.78, 5) is 25.0. The van der Waals surface area contributed by atoms with Crippen LogP contribution in [0.3, 0.4) is 0 Å². The van der Waals surface area contributed by atoms with Crippen molar-refractivity contribution in [1.82, 2.24) is 14.9 Å². The molecule has 0 spiro atoms. The van der Waals surface area contributed by atoms with Crippen LogP contribution >= 0.6 is 0 Å². The number of carbonyl (C=O) groups is 1. The van der Waals surface area contributed by atoms with Crippen LogP contribution in [0.25, 0.3) is 0 Å². The number of rotatable bonds is 6. The monoisotopic (exact) mass is 357 g/mol. The molecule has 1 fully saturated rings. The van der Waals surface area contributed by atoms with Gasteiger partial charge in [-0.05, 0) is 31.3 Å². The molecule has 1 aliphatic rings. The molecule has 0 aliphatic carbocycles. The van der Waals surface area contributed by atoms with Gasteiger partial charge in [-0.1, -0.05) is 0 Å². The average molecular weight is 357 g/mol. The van der Waals surface area contributed by atoms with E-state index in [1.54, 1.807) is 37.4 Å². The van der Waals surface area contributed by atoms with Gasteiger partial charge in [0.1, 0.15) is 29.5 Å².